The van der Waals surface area contributed by atoms with Crippen LogP contribution in [0, 0.1) is 5.82 Å². The molecule has 0 fully saturated rings. The van der Waals surface area contributed by atoms with Gasteiger partial charge in [0.1, 0.15) is 5.82 Å². The van der Waals surface area contributed by atoms with E-state index in [1.807, 2.05) is 13.1 Å². The number of H-pyrrole nitrogens is 1. The first-order valence-electron chi connectivity index (χ1n) is 6.90. The standard InChI is InChI=1S/C15H20FN3O/c1-2-3-13(17)15(20)18-7-6-10-9-19-14-8-11(16)4-5-12(10)14/h4-5,8-9,13,19H,2-3,6-7,17H2,1H3,(H,18,20). The molecule has 108 valence electrons. The number of hydrogen-bond acceptors (Lipinski definition) is 2. The van der Waals surface area contributed by atoms with Crippen molar-refractivity contribution in [3.05, 3.63) is 35.8 Å². The Balaban J connectivity index is 1.92. The molecule has 0 aliphatic carbocycles. The average molecular weight is 277 g/mol. The van der Waals surface area contributed by atoms with E-state index in [1.54, 1.807) is 6.07 Å². The lowest BCUT2D eigenvalue weighted by atomic mass is 10.1. The highest BCUT2D eigenvalue weighted by atomic mass is 19.1. The van der Waals surface area contributed by atoms with Gasteiger partial charge in [0.25, 0.3) is 0 Å². The maximum Gasteiger partial charge on any atom is 0.236 e. The second kappa shape index (κ2) is 6.52. The number of benzene rings is 1. The Bertz CT molecular complexity index is 594. The lowest BCUT2D eigenvalue weighted by Gasteiger charge is -2.10. The largest absolute Gasteiger partial charge is 0.361 e. The van der Waals surface area contributed by atoms with Crippen LogP contribution in [0.2, 0.25) is 0 Å². The van der Waals surface area contributed by atoms with Gasteiger partial charge >= 0.3 is 0 Å². The third kappa shape index (κ3) is 3.36. The van der Waals surface area contributed by atoms with Crippen molar-refractivity contribution in [2.24, 2.45) is 5.73 Å². The molecule has 20 heavy (non-hydrogen) atoms. The molecule has 1 unspecified atom stereocenters. The molecule has 0 aliphatic heterocycles. The number of carbonyl (C=O) groups is 1. The maximum atomic E-state index is 13.1. The minimum atomic E-state index is -0.433. The lowest BCUT2D eigenvalue weighted by Crippen LogP contribution is -2.41. The number of nitrogens with one attached hydrogen (secondary N) is 2. The number of aromatic nitrogens is 1. The van der Waals surface area contributed by atoms with Gasteiger partial charge in [-0.15, -0.1) is 0 Å². The topological polar surface area (TPSA) is 70.9 Å². The zero-order valence-corrected chi connectivity index (χ0v) is 11.6. The summed E-state index contributed by atoms with van der Waals surface area (Å²) in [5.41, 5.74) is 7.57. The van der Waals surface area contributed by atoms with Crippen LogP contribution < -0.4 is 11.1 Å². The molecule has 1 amide bonds. The number of amides is 1. The molecule has 5 heteroatoms. The molecule has 1 aromatic heterocycles. The molecule has 2 aromatic rings. The third-order valence-corrected chi connectivity index (χ3v) is 3.36. The highest BCUT2D eigenvalue weighted by Gasteiger charge is 2.11. The van der Waals surface area contributed by atoms with Crippen LogP contribution in [-0.4, -0.2) is 23.5 Å². The van der Waals surface area contributed by atoms with E-state index in [2.05, 4.69) is 10.3 Å². The first-order chi connectivity index (χ1) is 9.61. The Kier molecular flexibility index (Phi) is 4.74. The van der Waals surface area contributed by atoms with Crippen molar-refractivity contribution in [3.63, 3.8) is 0 Å². The highest BCUT2D eigenvalue weighted by molar-refractivity contribution is 5.83. The number of hydrogen-bond donors (Lipinski definition) is 3. The fraction of sp³-hybridized carbons (Fsp3) is 0.400. The molecule has 1 aromatic carbocycles. The van der Waals surface area contributed by atoms with Crippen LogP contribution in [0.15, 0.2) is 24.4 Å². The Labute approximate surface area is 117 Å². The van der Waals surface area contributed by atoms with Crippen molar-refractivity contribution < 1.29 is 9.18 Å². The number of fused-ring (bicyclic) bond motifs is 1. The SMILES string of the molecule is CCCC(N)C(=O)NCCc1c[nH]c2cc(F)ccc12. The van der Waals surface area contributed by atoms with Gasteiger partial charge in [-0.05, 0) is 36.6 Å². The van der Waals surface area contributed by atoms with Gasteiger partial charge in [0, 0.05) is 23.6 Å². The Morgan fingerprint density at radius 3 is 3.05 bits per heavy atom. The third-order valence-electron chi connectivity index (χ3n) is 3.36. The van der Waals surface area contributed by atoms with Crippen LogP contribution in [0.1, 0.15) is 25.3 Å². The van der Waals surface area contributed by atoms with Gasteiger partial charge in [-0.1, -0.05) is 13.3 Å². The average Bonchev–Trinajstić information content (AvgIpc) is 2.81. The van der Waals surface area contributed by atoms with Crippen molar-refractivity contribution in [3.8, 4) is 0 Å². The van der Waals surface area contributed by atoms with Gasteiger partial charge in [-0.3, -0.25) is 4.79 Å². The number of halogens is 1. The predicted octanol–water partition coefficient (Wildman–Crippen LogP) is 2.09. The zero-order chi connectivity index (χ0) is 14.5. The first kappa shape index (κ1) is 14.5. The Hall–Kier alpha value is -1.88. The van der Waals surface area contributed by atoms with E-state index in [4.69, 9.17) is 5.73 Å². The smallest absolute Gasteiger partial charge is 0.236 e. The van der Waals surface area contributed by atoms with E-state index in [-0.39, 0.29) is 11.7 Å². The van der Waals surface area contributed by atoms with Crippen molar-refractivity contribution >= 4 is 16.8 Å². The van der Waals surface area contributed by atoms with Crippen molar-refractivity contribution in [2.45, 2.75) is 32.2 Å². The second-order valence-corrected chi connectivity index (χ2v) is 4.94. The van der Waals surface area contributed by atoms with Gasteiger partial charge in [-0.2, -0.15) is 0 Å². The van der Waals surface area contributed by atoms with E-state index in [0.717, 1.165) is 22.9 Å². The van der Waals surface area contributed by atoms with Gasteiger partial charge < -0.3 is 16.0 Å². The van der Waals surface area contributed by atoms with E-state index < -0.39 is 6.04 Å². The van der Waals surface area contributed by atoms with Crippen molar-refractivity contribution in [1.29, 1.82) is 0 Å². The van der Waals surface area contributed by atoms with Crippen molar-refractivity contribution in [1.82, 2.24) is 10.3 Å². The summed E-state index contributed by atoms with van der Waals surface area (Å²) >= 11 is 0. The summed E-state index contributed by atoms with van der Waals surface area (Å²) in [6.45, 7) is 2.53. The van der Waals surface area contributed by atoms with Crippen molar-refractivity contribution in [2.75, 3.05) is 6.54 Å². The van der Waals surface area contributed by atoms with Gasteiger partial charge in [0.15, 0.2) is 0 Å². The highest BCUT2D eigenvalue weighted by Crippen LogP contribution is 2.19. The molecular weight excluding hydrogens is 257 g/mol. The van der Waals surface area contributed by atoms with E-state index in [9.17, 15) is 9.18 Å². The minimum absolute atomic E-state index is 0.113. The van der Waals surface area contributed by atoms with E-state index >= 15 is 0 Å². The molecule has 0 aliphatic rings. The Morgan fingerprint density at radius 1 is 1.50 bits per heavy atom. The molecule has 0 spiro atoms. The maximum absolute atomic E-state index is 13.1. The second-order valence-electron chi connectivity index (χ2n) is 4.94. The summed E-state index contributed by atoms with van der Waals surface area (Å²) in [4.78, 5) is 14.7. The van der Waals surface area contributed by atoms with Gasteiger partial charge in [-0.25, -0.2) is 4.39 Å². The predicted molar refractivity (Wildman–Crippen MR) is 77.9 cm³/mol. The molecule has 4 N–H and O–H groups in total. The molecule has 1 atom stereocenters. The lowest BCUT2D eigenvalue weighted by molar-refractivity contribution is -0.122. The molecular formula is C15H20FN3O. The molecule has 0 saturated heterocycles. The summed E-state index contributed by atoms with van der Waals surface area (Å²) in [7, 11) is 0. The fourth-order valence-electron chi connectivity index (χ4n) is 2.26. The van der Waals surface area contributed by atoms with Crippen LogP contribution in [0.5, 0.6) is 0 Å². The first-order valence-corrected chi connectivity index (χ1v) is 6.90. The molecule has 4 nitrogen and oxygen atoms in total. The monoisotopic (exact) mass is 277 g/mol. The van der Waals surface area contributed by atoms with Crippen LogP contribution in [0.4, 0.5) is 4.39 Å². The molecule has 0 bridgehead atoms. The van der Waals surface area contributed by atoms with E-state index in [0.29, 0.717) is 19.4 Å². The van der Waals surface area contributed by atoms with Gasteiger partial charge in [0.2, 0.25) is 5.91 Å². The van der Waals surface area contributed by atoms with Crippen LogP contribution in [-0.2, 0) is 11.2 Å². The number of carbonyl (C=O) groups excluding carboxylic acids is 1. The molecule has 1 heterocycles. The van der Waals surface area contributed by atoms with Crippen LogP contribution in [0.3, 0.4) is 0 Å². The van der Waals surface area contributed by atoms with Crippen LogP contribution in [0.25, 0.3) is 10.9 Å². The molecule has 0 radical (unpaired) electrons. The summed E-state index contributed by atoms with van der Waals surface area (Å²) in [5, 5.41) is 3.81. The van der Waals surface area contributed by atoms with Crippen LogP contribution >= 0.6 is 0 Å². The quantitative estimate of drug-likeness (QED) is 0.756. The fourth-order valence-corrected chi connectivity index (χ4v) is 2.26. The zero-order valence-electron chi connectivity index (χ0n) is 11.6. The normalized spacial score (nSPS) is 12.6. The number of aromatic amines is 1. The summed E-state index contributed by atoms with van der Waals surface area (Å²) in [6, 6.07) is 4.22. The number of nitrogens with two attached hydrogens (primary N) is 1. The number of rotatable bonds is 6. The van der Waals surface area contributed by atoms with E-state index in [1.165, 1.54) is 12.1 Å². The van der Waals surface area contributed by atoms with Gasteiger partial charge in [0.05, 0.1) is 6.04 Å². The molecule has 2 rings (SSSR count). The summed E-state index contributed by atoms with van der Waals surface area (Å²) in [5.74, 6) is -0.373. The molecule has 0 saturated carbocycles. The summed E-state index contributed by atoms with van der Waals surface area (Å²) in [6.07, 6.45) is 4.12. The Morgan fingerprint density at radius 2 is 2.30 bits per heavy atom. The summed E-state index contributed by atoms with van der Waals surface area (Å²) < 4.78 is 13.1. The minimum Gasteiger partial charge on any atom is -0.361 e.